The Morgan fingerprint density at radius 1 is 1.11 bits per heavy atom. The van der Waals surface area contributed by atoms with E-state index in [4.69, 9.17) is 36.3 Å². The van der Waals surface area contributed by atoms with Crippen molar-refractivity contribution in [3.05, 3.63) is 58.3 Å². The minimum absolute atomic E-state index is 0.328. The van der Waals surface area contributed by atoms with E-state index in [1.165, 1.54) is 11.3 Å². The molecule has 3 aliphatic heterocycles. The molecule has 188 valence electrons. The summed E-state index contributed by atoms with van der Waals surface area (Å²) in [5.41, 5.74) is 3.74. The fourth-order valence-electron chi connectivity index (χ4n) is 6.64. The molecule has 36 heavy (non-hydrogen) atoms. The van der Waals surface area contributed by atoms with Crippen LogP contribution in [0.4, 0.5) is 5.82 Å². The Bertz CT molecular complexity index is 1310. The van der Waals surface area contributed by atoms with Gasteiger partial charge in [0.05, 0.1) is 25.9 Å². The monoisotopic (exact) mass is 506 g/mol. The maximum absolute atomic E-state index is 6.44. The number of nitrogens with zero attached hydrogens (tertiary/aromatic N) is 6. The molecule has 5 heterocycles. The topological polar surface area (TPSA) is 68.5 Å². The number of rotatable bonds is 4. The minimum Gasteiger partial charge on any atom is -0.493 e. The molecule has 4 aliphatic rings. The zero-order valence-electron chi connectivity index (χ0n) is 20.8. The van der Waals surface area contributed by atoms with Gasteiger partial charge in [-0.05, 0) is 62.1 Å². The van der Waals surface area contributed by atoms with E-state index in [0.717, 1.165) is 92.6 Å². The molecule has 0 radical (unpaired) electrons. The van der Waals surface area contributed by atoms with Crippen molar-refractivity contribution in [1.82, 2.24) is 24.6 Å². The van der Waals surface area contributed by atoms with Crippen LogP contribution in [-0.2, 0) is 17.8 Å². The summed E-state index contributed by atoms with van der Waals surface area (Å²) in [5, 5.41) is 10.2. The highest BCUT2D eigenvalue weighted by atomic mass is 35.5. The Morgan fingerprint density at radius 3 is 2.75 bits per heavy atom. The van der Waals surface area contributed by atoms with Gasteiger partial charge in [-0.25, -0.2) is 4.98 Å². The summed E-state index contributed by atoms with van der Waals surface area (Å²) < 4.78 is 13.6. The third kappa shape index (κ3) is 3.61. The van der Waals surface area contributed by atoms with Gasteiger partial charge in [0.25, 0.3) is 0 Å². The van der Waals surface area contributed by atoms with Gasteiger partial charge in [-0.1, -0.05) is 11.6 Å². The first-order valence-electron chi connectivity index (χ1n) is 12.8. The molecule has 2 aromatic heterocycles. The average Bonchev–Trinajstić information content (AvgIpc) is 3.45. The SMILES string of the molecule is COc1ccc(C)nc1N1CC2(CC(c3nnc4n3-c3ccc(Cl)cc3CN([C@H]3CCOC3)C4)C2)C1. The first-order valence-corrected chi connectivity index (χ1v) is 13.2. The van der Waals surface area contributed by atoms with Crippen LogP contribution in [0.1, 0.15) is 48.1 Å². The average molecular weight is 507 g/mol. The van der Waals surface area contributed by atoms with Crippen LogP contribution in [0, 0.1) is 12.3 Å². The molecule has 1 aromatic carbocycles. The predicted octanol–water partition coefficient (Wildman–Crippen LogP) is 4.12. The summed E-state index contributed by atoms with van der Waals surface area (Å²) in [6, 6.07) is 10.6. The van der Waals surface area contributed by atoms with Gasteiger partial charge in [0, 0.05) is 54.3 Å². The Balaban J connectivity index is 1.13. The van der Waals surface area contributed by atoms with Crippen LogP contribution in [0.25, 0.3) is 5.69 Å². The predicted molar refractivity (Wildman–Crippen MR) is 137 cm³/mol. The number of aromatic nitrogens is 4. The van der Waals surface area contributed by atoms with E-state index in [9.17, 15) is 0 Å². The number of pyridine rings is 1. The van der Waals surface area contributed by atoms with E-state index in [2.05, 4.69) is 26.5 Å². The summed E-state index contributed by atoms with van der Waals surface area (Å²) in [4.78, 5) is 9.58. The Kier molecular flexibility index (Phi) is 5.27. The summed E-state index contributed by atoms with van der Waals surface area (Å²) in [7, 11) is 1.72. The molecule has 1 aliphatic carbocycles. The Morgan fingerprint density at radius 2 is 1.97 bits per heavy atom. The van der Waals surface area contributed by atoms with Crippen molar-refractivity contribution in [2.24, 2.45) is 5.41 Å². The highest BCUT2D eigenvalue weighted by Gasteiger charge is 2.55. The number of hydrogen-bond acceptors (Lipinski definition) is 7. The quantitative estimate of drug-likeness (QED) is 0.527. The van der Waals surface area contributed by atoms with Crippen LogP contribution in [0.15, 0.2) is 30.3 Å². The number of anilines is 1. The van der Waals surface area contributed by atoms with Crippen molar-refractivity contribution in [2.75, 3.05) is 38.3 Å². The molecule has 0 N–H and O–H groups in total. The smallest absolute Gasteiger partial charge is 0.171 e. The summed E-state index contributed by atoms with van der Waals surface area (Å²) in [6.07, 6.45) is 3.30. The molecule has 3 aromatic rings. The zero-order chi connectivity index (χ0) is 24.4. The molecular formula is C27H31ClN6O2. The van der Waals surface area contributed by atoms with Gasteiger partial charge in [-0.2, -0.15) is 0 Å². The normalized spacial score (nSPS) is 23.1. The van der Waals surface area contributed by atoms with Crippen LogP contribution < -0.4 is 9.64 Å². The fourth-order valence-corrected chi connectivity index (χ4v) is 6.83. The number of halogens is 1. The molecule has 0 bridgehead atoms. The largest absolute Gasteiger partial charge is 0.493 e. The lowest BCUT2D eigenvalue weighted by Gasteiger charge is -2.59. The second kappa shape index (κ2) is 8.43. The lowest BCUT2D eigenvalue weighted by molar-refractivity contribution is 0.0577. The van der Waals surface area contributed by atoms with Gasteiger partial charge < -0.3 is 14.4 Å². The molecule has 2 saturated heterocycles. The van der Waals surface area contributed by atoms with Crippen molar-refractivity contribution in [2.45, 2.75) is 51.2 Å². The second-order valence-corrected chi connectivity index (χ2v) is 11.4. The molecule has 0 unspecified atom stereocenters. The lowest BCUT2D eigenvalue weighted by Crippen LogP contribution is -2.62. The number of hydrogen-bond donors (Lipinski definition) is 0. The van der Waals surface area contributed by atoms with E-state index >= 15 is 0 Å². The number of fused-ring (bicyclic) bond motifs is 3. The van der Waals surface area contributed by atoms with Gasteiger partial charge in [0.2, 0.25) is 0 Å². The van der Waals surface area contributed by atoms with Gasteiger partial charge in [-0.15, -0.1) is 10.2 Å². The molecule has 1 atom stereocenters. The van der Waals surface area contributed by atoms with Crippen molar-refractivity contribution < 1.29 is 9.47 Å². The molecule has 7 rings (SSSR count). The number of ether oxygens (including phenoxy) is 2. The molecule has 0 amide bonds. The van der Waals surface area contributed by atoms with Crippen molar-refractivity contribution in [1.29, 1.82) is 0 Å². The molecule has 1 saturated carbocycles. The van der Waals surface area contributed by atoms with Crippen molar-refractivity contribution >= 4 is 17.4 Å². The van der Waals surface area contributed by atoms with Crippen LogP contribution in [0.2, 0.25) is 5.02 Å². The second-order valence-electron chi connectivity index (χ2n) is 10.9. The van der Waals surface area contributed by atoms with Gasteiger partial charge in [0.15, 0.2) is 17.4 Å². The molecule has 3 fully saturated rings. The third-order valence-corrected chi connectivity index (χ3v) is 8.69. The molecule has 9 heteroatoms. The third-order valence-electron chi connectivity index (χ3n) is 8.45. The number of methoxy groups -OCH3 is 1. The first-order chi connectivity index (χ1) is 17.5. The Hall–Kier alpha value is -2.68. The van der Waals surface area contributed by atoms with Gasteiger partial charge >= 0.3 is 0 Å². The standard InChI is InChI=1S/C27H31ClN6O2/c1-17-3-6-23(35-2)26(29-17)33-15-27(16-33)10-19(11-27)25-31-30-24-13-32(21-7-8-36-14-21)12-18-9-20(28)4-5-22(18)34(24)25/h3-6,9,19,21H,7-8,10-16H2,1-2H3/t21-/m0/s1. The number of benzene rings is 1. The maximum Gasteiger partial charge on any atom is 0.171 e. The van der Waals surface area contributed by atoms with Crippen LogP contribution >= 0.6 is 11.6 Å². The van der Waals surface area contributed by atoms with Gasteiger partial charge in [0.1, 0.15) is 5.82 Å². The van der Waals surface area contributed by atoms with E-state index in [-0.39, 0.29) is 0 Å². The van der Waals surface area contributed by atoms with E-state index in [1.807, 2.05) is 25.1 Å². The minimum atomic E-state index is 0.328. The highest BCUT2D eigenvalue weighted by Crippen LogP contribution is 2.57. The molecule has 1 spiro atoms. The lowest BCUT2D eigenvalue weighted by atomic mass is 9.57. The van der Waals surface area contributed by atoms with E-state index in [1.54, 1.807) is 7.11 Å². The first kappa shape index (κ1) is 22.5. The van der Waals surface area contributed by atoms with Crippen LogP contribution in [0.3, 0.4) is 0 Å². The van der Waals surface area contributed by atoms with Gasteiger partial charge in [-0.3, -0.25) is 9.47 Å². The molecule has 8 nitrogen and oxygen atoms in total. The molecular weight excluding hydrogens is 476 g/mol. The highest BCUT2D eigenvalue weighted by molar-refractivity contribution is 6.30. The fraction of sp³-hybridized carbons (Fsp3) is 0.519. The summed E-state index contributed by atoms with van der Waals surface area (Å²) in [5.74, 6) is 4.33. The number of aryl methyl sites for hydroxylation is 1. The summed E-state index contributed by atoms with van der Waals surface area (Å²) >= 11 is 6.44. The Labute approximate surface area is 216 Å². The van der Waals surface area contributed by atoms with Crippen molar-refractivity contribution in [3.63, 3.8) is 0 Å². The van der Waals surface area contributed by atoms with Crippen LogP contribution in [0.5, 0.6) is 5.75 Å². The van der Waals surface area contributed by atoms with Crippen LogP contribution in [-0.4, -0.2) is 64.1 Å². The van der Waals surface area contributed by atoms with Crippen molar-refractivity contribution in [3.8, 4) is 11.4 Å². The van der Waals surface area contributed by atoms with E-state index < -0.39 is 0 Å². The zero-order valence-corrected chi connectivity index (χ0v) is 21.5. The van der Waals surface area contributed by atoms with E-state index in [0.29, 0.717) is 17.4 Å². The summed E-state index contributed by atoms with van der Waals surface area (Å²) in [6.45, 7) is 7.28. The maximum atomic E-state index is 6.44.